The fourth-order valence-corrected chi connectivity index (χ4v) is 16.1. The van der Waals surface area contributed by atoms with E-state index in [-0.39, 0.29) is 0 Å². The summed E-state index contributed by atoms with van der Waals surface area (Å²) in [6.45, 7) is 0. The molecule has 0 spiro atoms. The predicted molar refractivity (Wildman–Crippen MR) is 413 cm³/mol. The molecule has 0 saturated carbocycles. The molecule has 0 N–H and O–H groups in total. The van der Waals surface area contributed by atoms with Gasteiger partial charge < -0.3 is 4.42 Å². The van der Waals surface area contributed by atoms with Gasteiger partial charge in [-0.05, 0) is 124 Å². The maximum Gasteiger partial charge on any atom is 0.160 e. The molecule has 0 fully saturated rings. The zero-order valence-electron chi connectivity index (χ0n) is 52.9. The van der Waals surface area contributed by atoms with Crippen LogP contribution in [0.4, 0.5) is 0 Å². The summed E-state index contributed by atoms with van der Waals surface area (Å²) in [6, 6.07) is 120. The molecule has 20 rings (SSSR count). The number of fused-ring (bicyclic) bond motifs is 18. The second-order valence-corrected chi connectivity index (χ2v) is 26.1. The molecule has 0 saturated heterocycles. The van der Waals surface area contributed by atoms with Gasteiger partial charge in [0.1, 0.15) is 11.2 Å². The number of para-hydroxylation sites is 1. The lowest BCUT2D eigenvalue weighted by atomic mass is 9.91. The highest BCUT2D eigenvalue weighted by molar-refractivity contribution is 7.26. The third-order valence-corrected chi connectivity index (χ3v) is 20.6. The van der Waals surface area contributed by atoms with Crippen LogP contribution >= 0.6 is 11.3 Å². The molecule has 4 heterocycles. The van der Waals surface area contributed by atoms with E-state index in [2.05, 4.69) is 267 Å². The number of rotatable bonds is 8. The Kier molecular flexibility index (Phi) is 13.7. The van der Waals surface area contributed by atoms with Gasteiger partial charge in [-0.1, -0.05) is 297 Å². The highest BCUT2D eigenvalue weighted by Gasteiger charge is 2.23. The van der Waals surface area contributed by atoms with Gasteiger partial charge in [-0.25, -0.2) is 19.9 Å². The molecular weight excluding hydrogens is 1210 g/mol. The lowest BCUT2D eigenvalue weighted by Crippen LogP contribution is -1.96. The van der Waals surface area contributed by atoms with Gasteiger partial charge in [0.2, 0.25) is 0 Å². The SMILES string of the molecule is c1ccc(-c2cc(-c3ccc(-c4ccc5c6ccccc6c6ccccc6c5c4)c4oc5ccccc5c34)nc(-c3ccccc3)n2)cc1.c1ccc(-c2cc(-c3ccc(-c4ccc5c6ccccc6c6ccccc6c5c4)c4sc5ccccc5c34)nc(-c3ccccc3)n2)cc1. The zero-order chi connectivity index (χ0) is 64.6. The average Bonchev–Trinajstić information content (AvgIpc) is 1.20. The molecule has 98 heavy (non-hydrogen) atoms. The van der Waals surface area contributed by atoms with E-state index in [1.807, 2.05) is 84.1 Å². The van der Waals surface area contributed by atoms with Crippen LogP contribution in [0.15, 0.2) is 344 Å². The average molecular weight is 1270 g/mol. The molecule has 456 valence electrons. The standard InChI is InChI=1S/C46H28N2O.C46H28N2S/c2*1-3-13-29(14-4-1)41-28-42(48-46(47-41)30-15-5-2-6-16-30)38-26-25-32(45-44(38)39-21-11-12-22-43(39)49-45)31-23-24-37-35-19-8-7-17-33(35)34-18-9-10-20-36(34)40(37)27-31/h2*1-28H. The van der Waals surface area contributed by atoms with Crippen molar-refractivity contribution in [3.8, 4) is 90.1 Å². The first-order chi connectivity index (χ1) is 48.6. The van der Waals surface area contributed by atoms with Gasteiger partial charge in [-0.15, -0.1) is 11.3 Å². The maximum absolute atomic E-state index is 6.76. The summed E-state index contributed by atoms with van der Waals surface area (Å²) in [5.74, 6) is 1.41. The minimum Gasteiger partial charge on any atom is -0.455 e. The molecule has 5 nitrogen and oxygen atoms in total. The summed E-state index contributed by atoms with van der Waals surface area (Å²) in [4.78, 5) is 20.5. The van der Waals surface area contributed by atoms with E-state index in [0.717, 1.165) is 95.0 Å². The molecule has 20 aromatic rings. The fourth-order valence-electron chi connectivity index (χ4n) is 14.8. The maximum atomic E-state index is 6.76. The summed E-state index contributed by atoms with van der Waals surface area (Å²) in [7, 11) is 0. The van der Waals surface area contributed by atoms with E-state index < -0.39 is 0 Å². The van der Waals surface area contributed by atoms with E-state index in [1.54, 1.807) is 0 Å². The summed E-state index contributed by atoms with van der Waals surface area (Å²) >= 11 is 1.86. The zero-order valence-corrected chi connectivity index (χ0v) is 53.8. The van der Waals surface area contributed by atoms with Crippen molar-refractivity contribution in [3.05, 3.63) is 340 Å². The largest absolute Gasteiger partial charge is 0.455 e. The molecule has 0 bridgehead atoms. The molecule has 0 aliphatic rings. The second kappa shape index (κ2) is 23.6. The van der Waals surface area contributed by atoms with Crippen LogP contribution in [-0.4, -0.2) is 19.9 Å². The summed E-state index contributed by atoms with van der Waals surface area (Å²) in [5.41, 5.74) is 16.1. The van der Waals surface area contributed by atoms with Crippen molar-refractivity contribution in [3.63, 3.8) is 0 Å². The predicted octanol–water partition coefficient (Wildman–Crippen LogP) is 25.5. The van der Waals surface area contributed by atoms with E-state index in [0.29, 0.717) is 5.82 Å². The van der Waals surface area contributed by atoms with Crippen LogP contribution in [0.3, 0.4) is 0 Å². The smallest absolute Gasteiger partial charge is 0.160 e. The van der Waals surface area contributed by atoms with Crippen molar-refractivity contribution in [1.29, 1.82) is 0 Å². The first-order valence-corrected chi connectivity index (χ1v) is 34.0. The van der Waals surface area contributed by atoms with Crippen LogP contribution in [0.5, 0.6) is 0 Å². The van der Waals surface area contributed by atoms with Gasteiger partial charge in [-0.3, -0.25) is 0 Å². The van der Waals surface area contributed by atoms with Crippen molar-refractivity contribution in [2.24, 2.45) is 0 Å². The van der Waals surface area contributed by atoms with Gasteiger partial charge in [0.25, 0.3) is 0 Å². The number of benzene rings is 16. The van der Waals surface area contributed by atoms with Crippen LogP contribution in [0, 0.1) is 0 Å². The van der Waals surface area contributed by atoms with Gasteiger partial charge in [0.15, 0.2) is 11.6 Å². The van der Waals surface area contributed by atoms with Gasteiger partial charge in [-0.2, -0.15) is 0 Å². The number of aromatic nitrogens is 4. The highest BCUT2D eigenvalue weighted by Crippen LogP contribution is 2.48. The Balaban J connectivity index is 0.000000137. The molecule has 6 heteroatoms. The molecule has 0 unspecified atom stereocenters. The number of nitrogens with zero attached hydrogens (tertiary/aromatic N) is 4. The Bertz CT molecular complexity index is 5960. The van der Waals surface area contributed by atoms with Gasteiger partial charge in [0, 0.05) is 69.9 Å². The van der Waals surface area contributed by atoms with Crippen molar-refractivity contribution < 1.29 is 4.42 Å². The van der Waals surface area contributed by atoms with Crippen molar-refractivity contribution in [2.45, 2.75) is 0 Å². The third kappa shape index (κ3) is 9.68. The Labute approximate surface area is 568 Å². The summed E-state index contributed by atoms with van der Waals surface area (Å²) in [6.07, 6.45) is 0. The molecular formula is C92H56N4OS. The highest BCUT2D eigenvalue weighted by atomic mass is 32.1. The van der Waals surface area contributed by atoms with Crippen LogP contribution in [0.1, 0.15) is 0 Å². The van der Waals surface area contributed by atoms with Gasteiger partial charge >= 0.3 is 0 Å². The number of thiophene rings is 1. The van der Waals surface area contributed by atoms with E-state index in [4.69, 9.17) is 24.4 Å². The normalized spacial score (nSPS) is 11.7. The topological polar surface area (TPSA) is 64.7 Å². The molecule has 16 aromatic carbocycles. The van der Waals surface area contributed by atoms with Gasteiger partial charge in [0.05, 0.1) is 22.8 Å². The molecule has 0 radical (unpaired) electrons. The lowest BCUT2D eigenvalue weighted by Gasteiger charge is -2.14. The van der Waals surface area contributed by atoms with Crippen LogP contribution in [-0.2, 0) is 0 Å². The second-order valence-electron chi connectivity index (χ2n) is 25.0. The summed E-state index contributed by atoms with van der Waals surface area (Å²) < 4.78 is 9.29. The Morgan fingerprint density at radius 1 is 0.214 bits per heavy atom. The number of furan rings is 1. The fraction of sp³-hybridized carbons (Fsp3) is 0. The quantitative estimate of drug-likeness (QED) is 0.142. The Hall–Kier alpha value is -12.7. The minimum atomic E-state index is 0.690. The third-order valence-electron chi connectivity index (χ3n) is 19.4. The number of hydrogen-bond acceptors (Lipinski definition) is 6. The van der Waals surface area contributed by atoms with E-state index in [9.17, 15) is 0 Å². The molecule has 0 aliphatic heterocycles. The molecule has 0 aliphatic carbocycles. The first kappa shape index (κ1) is 56.8. The minimum absolute atomic E-state index is 0.690. The van der Waals surface area contributed by atoms with Crippen molar-refractivity contribution >= 4 is 118 Å². The van der Waals surface area contributed by atoms with Crippen LogP contribution in [0.2, 0.25) is 0 Å². The Morgan fingerprint density at radius 3 is 1.02 bits per heavy atom. The van der Waals surface area contributed by atoms with Crippen molar-refractivity contribution in [1.82, 2.24) is 19.9 Å². The van der Waals surface area contributed by atoms with Crippen LogP contribution in [0.25, 0.3) is 197 Å². The monoisotopic (exact) mass is 1260 g/mol. The molecule has 0 amide bonds. The van der Waals surface area contributed by atoms with Crippen LogP contribution < -0.4 is 0 Å². The molecule has 0 atom stereocenters. The first-order valence-electron chi connectivity index (χ1n) is 33.2. The van der Waals surface area contributed by atoms with E-state index in [1.165, 1.54) is 95.9 Å². The Morgan fingerprint density at radius 2 is 0.551 bits per heavy atom. The molecule has 4 aromatic heterocycles. The number of hydrogen-bond donors (Lipinski definition) is 0. The summed E-state index contributed by atoms with van der Waals surface area (Å²) in [5, 5.41) is 19.8. The lowest BCUT2D eigenvalue weighted by molar-refractivity contribution is 0.670. The van der Waals surface area contributed by atoms with Crippen molar-refractivity contribution in [2.75, 3.05) is 0 Å². The van der Waals surface area contributed by atoms with E-state index >= 15 is 0 Å².